The summed E-state index contributed by atoms with van der Waals surface area (Å²) in [6, 6.07) is 16.7. The summed E-state index contributed by atoms with van der Waals surface area (Å²) in [5.74, 6) is 0.381. The van der Waals surface area contributed by atoms with Gasteiger partial charge in [0.15, 0.2) is 5.58 Å². The van der Waals surface area contributed by atoms with Crippen LogP contribution in [0.3, 0.4) is 0 Å². The number of rotatable bonds is 3. The van der Waals surface area contributed by atoms with E-state index in [9.17, 15) is 4.79 Å². The third kappa shape index (κ3) is 2.99. The summed E-state index contributed by atoms with van der Waals surface area (Å²) in [5.41, 5.74) is 4.64. The molecule has 2 heterocycles. The van der Waals surface area contributed by atoms with E-state index in [-0.39, 0.29) is 5.91 Å². The first-order valence-electron chi connectivity index (χ1n) is 7.89. The van der Waals surface area contributed by atoms with Crippen LogP contribution in [0.25, 0.3) is 22.6 Å². The molecule has 0 saturated heterocycles. The minimum Gasteiger partial charge on any atom is -0.436 e. The van der Waals surface area contributed by atoms with E-state index >= 15 is 0 Å². The Morgan fingerprint density at radius 3 is 2.64 bits per heavy atom. The number of benzene rings is 2. The molecular weight excluding hydrogens is 314 g/mol. The molecule has 0 aliphatic carbocycles. The fourth-order valence-corrected chi connectivity index (χ4v) is 2.64. The van der Waals surface area contributed by atoms with Crippen LogP contribution in [0.1, 0.15) is 15.9 Å². The number of oxazole rings is 1. The van der Waals surface area contributed by atoms with E-state index < -0.39 is 0 Å². The van der Waals surface area contributed by atoms with Crippen LogP contribution in [0.4, 0.5) is 5.69 Å². The molecule has 4 aromatic rings. The third-order valence-electron chi connectivity index (χ3n) is 3.96. The third-order valence-corrected chi connectivity index (χ3v) is 3.96. The largest absolute Gasteiger partial charge is 0.436 e. The van der Waals surface area contributed by atoms with Crippen molar-refractivity contribution in [3.8, 4) is 11.5 Å². The molecular formula is C20H15N3O2. The number of pyridine rings is 1. The van der Waals surface area contributed by atoms with E-state index in [4.69, 9.17) is 4.42 Å². The number of carbonyl (C=O) groups excluding carboxylic acids is 1. The summed E-state index contributed by atoms with van der Waals surface area (Å²) in [5, 5.41) is 2.86. The molecule has 5 heteroatoms. The fraction of sp³-hybridized carbons (Fsp3) is 0.0500. The molecule has 1 amide bonds. The van der Waals surface area contributed by atoms with Crippen LogP contribution in [0.15, 0.2) is 71.4 Å². The summed E-state index contributed by atoms with van der Waals surface area (Å²) < 4.78 is 5.89. The number of carbonyl (C=O) groups is 1. The van der Waals surface area contributed by atoms with Crippen LogP contribution < -0.4 is 5.32 Å². The number of amides is 1. The number of anilines is 1. The topological polar surface area (TPSA) is 68.0 Å². The van der Waals surface area contributed by atoms with Crippen LogP contribution in [0.5, 0.6) is 0 Å². The van der Waals surface area contributed by atoms with Crippen molar-refractivity contribution in [1.29, 1.82) is 0 Å². The van der Waals surface area contributed by atoms with Gasteiger partial charge in [0.05, 0.1) is 0 Å². The zero-order valence-corrected chi connectivity index (χ0v) is 13.6. The van der Waals surface area contributed by atoms with Crippen LogP contribution >= 0.6 is 0 Å². The van der Waals surface area contributed by atoms with E-state index in [1.807, 2.05) is 43.3 Å². The summed E-state index contributed by atoms with van der Waals surface area (Å²) in [6.07, 6.45) is 3.17. The zero-order valence-electron chi connectivity index (χ0n) is 13.6. The molecule has 0 saturated carbocycles. The maximum Gasteiger partial charge on any atom is 0.255 e. The second kappa shape index (κ2) is 6.20. The number of aromatic nitrogens is 2. The molecule has 0 fully saturated rings. The lowest BCUT2D eigenvalue weighted by Crippen LogP contribution is -2.11. The van der Waals surface area contributed by atoms with Gasteiger partial charge in [-0.05, 0) is 42.8 Å². The van der Waals surface area contributed by atoms with Crippen molar-refractivity contribution < 1.29 is 9.21 Å². The number of nitrogens with one attached hydrogen (secondary N) is 1. The Morgan fingerprint density at radius 1 is 1.04 bits per heavy atom. The molecule has 0 aliphatic heterocycles. The average molecular weight is 329 g/mol. The van der Waals surface area contributed by atoms with E-state index in [1.165, 1.54) is 0 Å². The molecule has 122 valence electrons. The van der Waals surface area contributed by atoms with Gasteiger partial charge in [-0.15, -0.1) is 0 Å². The molecule has 1 N–H and O–H groups in total. The standard InChI is InChI=1S/C20H15N3O2/c1-13-4-2-3-5-16(13)20-23-17-7-6-15(12-18(17)25-20)22-19(24)14-8-10-21-11-9-14/h2-12H,1H3,(H,22,24). The van der Waals surface area contributed by atoms with Gasteiger partial charge in [0.25, 0.3) is 5.91 Å². The zero-order chi connectivity index (χ0) is 17.2. The molecule has 2 aromatic heterocycles. The first kappa shape index (κ1) is 15.1. The van der Waals surface area contributed by atoms with Gasteiger partial charge in [-0.3, -0.25) is 9.78 Å². The monoisotopic (exact) mass is 329 g/mol. The summed E-state index contributed by atoms with van der Waals surface area (Å²) >= 11 is 0. The molecule has 5 nitrogen and oxygen atoms in total. The molecule has 0 spiro atoms. The minimum atomic E-state index is -0.194. The van der Waals surface area contributed by atoms with Crippen molar-refractivity contribution in [2.45, 2.75) is 6.92 Å². The van der Waals surface area contributed by atoms with Crippen LogP contribution in [0, 0.1) is 6.92 Å². The maximum atomic E-state index is 12.2. The number of hydrogen-bond acceptors (Lipinski definition) is 4. The first-order chi connectivity index (χ1) is 12.2. The predicted octanol–water partition coefficient (Wildman–Crippen LogP) is 4.45. The Bertz CT molecular complexity index is 1050. The smallest absolute Gasteiger partial charge is 0.255 e. The average Bonchev–Trinajstić information content (AvgIpc) is 3.06. The van der Waals surface area contributed by atoms with Crippen molar-refractivity contribution in [3.05, 3.63) is 78.1 Å². The molecule has 4 rings (SSSR count). The quantitative estimate of drug-likeness (QED) is 0.603. The second-order valence-corrected chi connectivity index (χ2v) is 5.71. The highest BCUT2D eigenvalue weighted by Gasteiger charge is 2.12. The summed E-state index contributed by atoms with van der Waals surface area (Å²) in [7, 11) is 0. The van der Waals surface area contributed by atoms with Gasteiger partial charge in [0, 0.05) is 35.3 Å². The highest BCUT2D eigenvalue weighted by atomic mass is 16.3. The molecule has 0 unspecified atom stereocenters. The van der Waals surface area contributed by atoms with E-state index in [1.54, 1.807) is 30.6 Å². The van der Waals surface area contributed by atoms with E-state index in [2.05, 4.69) is 15.3 Å². The lowest BCUT2D eigenvalue weighted by Gasteiger charge is -2.04. The van der Waals surface area contributed by atoms with Crippen LogP contribution in [0.2, 0.25) is 0 Å². The Kier molecular flexibility index (Phi) is 3.74. The van der Waals surface area contributed by atoms with E-state index in [0.717, 1.165) is 16.6 Å². The summed E-state index contributed by atoms with van der Waals surface area (Å²) in [6.45, 7) is 2.02. The number of fused-ring (bicyclic) bond motifs is 1. The lowest BCUT2D eigenvalue weighted by molar-refractivity contribution is 0.102. The van der Waals surface area contributed by atoms with Gasteiger partial charge in [-0.1, -0.05) is 18.2 Å². The second-order valence-electron chi connectivity index (χ2n) is 5.71. The van der Waals surface area contributed by atoms with Crippen molar-refractivity contribution in [1.82, 2.24) is 9.97 Å². The van der Waals surface area contributed by atoms with Crippen LogP contribution in [-0.4, -0.2) is 15.9 Å². The van der Waals surface area contributed by atoms with Crippen molar-refractivity contribution in [3.63, 3.8) is 0 Å². The predicted molar refractivity (Wildman–Crippen MR) is 96.4 cm³/mol. The minimum absolute atomic E-state index is 0.194. The Morgan fingerprint density at radius 2 is 1.84 bits per heavy atom. The Balaban J connectivity index is 1.65. The van der Waals surface area contributed by atoms with Gasteiger partial charge in [-0.2, -0.15) is 0 Å². The molecule has 0 radical (unpaired) electrons. The van der Waals surface area contributed by atoms with Gasteiger partial charge < -0.3 is 9.73 Å². The lowest BCUT2D eigenvalue weighted by atomic mass is 10.1. The molecule has 0 bridgehead atoms. The molecule has 25 heavy (non-hydrogen) atoms. The fourth-order valence-electron chi connectivity index (χ4n) is 2.64. The highest BCUT2D eigenvalue weighted by Crippen LogP contribution is 2.28. The maximum absolute atomic E-state index is 12.2. The molecule has 0 atom stereocenters. The molecule has 0 aliphatic rings. The van der Waals surface area contributed by atoms with E-state index in [0.29, 0.717) is 22.7 Å². The van der Waals surface area contributed by atoms with Gasteiger partial charge in [0.2, 0.25) is 5.89 Å². The Labute approximate surface area is 144 Å². The highest BCUT2D eigenvalue weighted by molar-refractivity contribution is 6.04. The van der Waals surface area contributed by atoms with Crippen molar-refractivity contribution in [2.24, 2.45) is 0 Å². The summed E-state index contributed by atoms with van der Waals surface area (Å²) in [4.78, 5) is 20.7. The van der Waals surface area contributed by atoms with Crippen LogP contribution in [-0.2, 0) is 0 Å². The van der Waals surface area contributed by atoms with Gasteiger partial charge in [0.1, 0.15) is 5.52 Å². The Hall–Kier alpha value is -3.47. The van der Waals surface area contributed by atoms with Gasteiger partial charge >= 0.3 is 0 Å². The molecule has 2 aromatic carbocycles. The number of aryl methyl sites for hydroxylation is 1. The first-order valence-corrected chi connectivity index (χ1v) is 7.89. The van der Waals surface area contributed by atoms with Crippen molar-refractivity contribution >= 4 is 22.7 Å². The SMILES string of the molecule is Cc1ccccc1-c1nc2ccc(NC(=O)c3ccncc3)cc2o1. The normalized spacial score (nSPS) is 10.8. The number of nitrogens with zero attached hydrogens (tertiary/aromatic N) is 2. The number of hydrogen-bond donors (Lipinski definition) is 1. The van der Waals surface area contributed by atoms with Gasteiger partial charge in [-0.25, -0.2) is 4.98 Å². The van der Waals surface area contributed by atoms with Crippen molar-refractivity contribution in [2.75, 3.05) is 5.32 Å².